The van der Waals surface area contributed by atoms with Gasteiger partial charge in [-0.05, 0) is 40.2 Å². The lowest BCUT2D eigenvalue weighted by Gasteiger charge is -2.39. The van der Waals surface area contributed by atoms with Gasteiger partial charge < -0.3 is 10.1 Å². The molecule has 2 rings (SSSR count). The normalized spacial score (nSPS) is 23.8. The lowest BCUT2D eigenvalue weighted by Crippen LogP contribution is -2.51. The summed E-state index contributed by atoms with van der Waals surface area (Å²) in [5.74, 6) is 0.576. The number of rotatable bonds is 4. The molecule has 1 aromatic rings. The predicted molar refractivity (Wildman–Crippen MR) is 85.8 cm³/mol. The Balaban J connectivity index is 2.01. The topological polar surface area (TPSA) is 74.1 Å². The maximum absolute atomic E-state index is 9.32. The highest BCUT2D eigenvalue weighted by Gasteiger charge is 2.25. The van der Waals surface area contributed by atoms with E-state index < -0.39 is 0 Å². The molecule has 3 unspecified atom stereocenters. The van der Waals surface area contributed by atoms with Crippen LogP contribution in [0.25, 0.3) is 0 Å². The van der Waals surface area contributed by atoms with Crippen LogP contribution in [0.3, 0.4) is 0 Å². The van der Waals surface area contributed by atoms with Gasteiger partial charge in [-0.15, -0.1) is 5.10 Å². The first-order valence-electron chi connectivity index (χ1n) is 7.79. The van der Waals surface area contributed by atoms with Crippen LogP contribution in [0.4, 0.5) is 5.82 Å². The van der Waals surface area contributed by atoms with E-state index in [1.165, 1.54) is 0 Å². The summed E-state index contributed by atoms with van der Waals surface area (Å²) in [6, 6.07) is 2.56. The number of morpholine rings is 1. The minimum absolute atomic E-state index is 0.252. The highest BCUT2D eigenvalue weighted by molar-refractivity contribution is 5.55. The zero-order chi connectivity index (χ0) is 16.3. The van der Waals surface area contributed by atoms with Gasteiger partial charge in [0.15, 0.2) is 5.82 Å². The van der Waals surface area contributed by atoms with Crippen LogP contribution in [0.5, 0.6) is 0 Å². The zero-order valence-electron chi connectivity index (χ0n) is 14.1. The Labute approximate surface area is 132 Å². The summed E-state index contributed by atoms with van der Waals surface area (Å²) < 4.78 is 5.77. The first kappa shape index (κ1) is 16.7. The first-order chi connectivity index (χ1) is 10.4. The Hall–Kier alpha value is -1.71. The Morgan fingerprint density at radius 2 is 1.95 bits per heavy atom. The molecule has 3 atom stereocenters. The van der Waals surface area contributed by atoms with Gasteiger partial charge in [0.1, 0.15) is 11.6 Å². The molecular formula is C16H25N5O. The number of anilines is 1. The average molecular weight is 303 g/mol. The van der Waals surface area contributed by atoms with Gasteiger partial charge in [-0.1, -0.05) is 0 Å². The molecule has 1 N–H and O–H groups in total. The molecule has 1 saturated heterocycles. The lowest BCUT2D eigenvalue weighted by molar-refractivity contribution is -0.0769. The Morgan fingerprint density at radius 3 is 2.55 bits per heavy atom. The Bertz CT molecular complexity index is 558. The molecule has 0 radical (unpaired) electrons. The van der Waals surface area contributed by atoms with Gasteiger partial charge in [0.05, 0.1) is 17.9 Å². The number of aromatic nitrogens is 2. The second-order valence-electron chi connectivity index (χ2n) is 6.19. The van der Waals surface area contributed by atoms with Crippen molar-refractivity contribution in [1.82, 2.24) is 15.1 Å². The van der Waals surface area contributed by atoms with E-state index in [9.17, 15) is 5.26 Å². The van der Waals surface area contributed by atoms with Gasteiger partial charge in [-0.25, -0.2) is 0 Å². The maximum atomic E-state index is 9.32. The Morgan fingerprint density at radius 1 is 1.32 bits per heavy atom. The molecule has 6 heteroatoms. The van der Waals surface area contributed by atoms with Crippen LogP contribution < -0.4 is 5.32 Å². The third kappa shape index (κ3) is 3.73. The van der Waals surface area contributed by atoms with Crippen LogP contribution in [0.1, 0.15) is 37.6 Å². The van der Waals surface area contributed by atoms with Crippen molar-refractivity contribution in [2.75, 3.05) is 25.0 Å². The van der Waals surface area contributed by atoms with Crippen LogP contribution >= 0.6 is 0 Å². The van der Waals surface area contributed by atoms with Crippen LogP contribution in [0.15, 0.2) is 0 Å². The number of hydrogen-bond donors (Lipinski definition) is 1. The predicted octanol–water partition coefficient (Wildman–Crippen LogP) is 1.87. The summed E-state index contributed by atoms with van der Waals surface area (Å²) in [7, 11) is 0. The van der Waals surface area contributed by atoms with E-state index in [2.05, 4.69) is 47.3 Å². The molecular weight excluding hydrogens is 278 g/mol. The molecule has 22 heavy (non-hydrogen) atoms. The third-order valence-corrected chi connectivity index (χ3v) is 4.20. The number of hydrogen-bond acceptors (Lipinski definition) is 6. The van der Waals surface area contributed by atoms with Gasteiger partial charge >= 0.3 is 0 Å². The molecule has 0 spiro atoms. The fourth-order valence-electron chi connectivity index (χ4n) is 2.82. The third-order valence-electron chi connectivity index (χ3n) is 4.20. The monoisotopic (exact) mass is 303 g/mol. The van der Waals surface area contributed by atoms with Crippen molar-refractivity contribution in [1.29, 1.82) is 5.26 Å². The zero-order valence-corrected chi connectivity index (χ0v) is 14.1. The smallest absolute Gasteiger partial charge is 0.166 e. The fraction of sp³-hybridized carbons (Fsp3) is 0.688. The minimum atomic E-state index is 0.252. The molecule has 0 amide bonds. The van der Waals surface area contributed by atoms with Crippen LogP contribution in [-0.4, -0.2) is 53.0 Å². The summed E-state index contributed by atoms with van der Waals surface area (Å²) in [6.45, 7) is 12.7. The number of nitrogens with zero attached hydrogens (tertiary/aromatic N) is 4. The molecule has 120 valence electrons. The van der Waals surface area contributed by atoms with Crippen molar-refractivity contribution in [3.8, 4) is 6.07 Å². The van der Waals surface area contributed by atoms with Gasteiger partial charge in [0, 0.05) is 25.7 Å². The van der Waals surface area contributed by atoms with Crippen molar-refractivity contribution < 1.29 is 4.74 Å². The largest absolute Gasteiger partial charge is 0.373 e. The van der Waals surface area contributed by atoms with E-state index in [4.69, 9.17) is 4.74 Å². The van der Waals surface area contributed by atoms with Gasteiger partial charge in [0.2, 0.25) is 0 Å². The van der Waals surface area contributed by atoms with Crippen molar-refractivity contribution in [2.24, 2.45) is 0 Å². The molecule has 1 aromatic heterocycles. The first-order valence-corrected chi connectivity index (χ1v) is 7.79. The molecule has 0 aliphatic carbocycles. The van der Waals surface area contributed by atoms with E-state index in [-0.39, 0.29) is 12.2 Å². The second-order valence-corrected chi connectivity index (χ2v) is 6.19. The van der Waals surface area contributed by atoms with Crippen LogP contribution in [-0.2, 0) is 4.74 Å². The van der Waals surface area contributed by atoms with Gasteiger partial charge in [-0.3, -0.25) is 4.90 Å². The van der Waals surface area contributed by atoms with E-state index in [0.717, 1.165) is 30.9 Å². The summed E-state index contributed by atoms with van der Waals surface area (Å²) in [4.78, 5) is 2.41. The van der Waals surface area contributed by atoms with E-state index in [1.807, 2.05) is 13.8 Å². The highest BCUT2D eigenvalue weighted by atomic mass is 16.5. The number of ether oxygens (including phenoxy) is 1. The Kier molecular flexibility index (Phi) is 5.33. The number of aryl methyl sites for hydroxylation is 1. The highest BCUT2D eigenvalue weighted by Crippen LogP contribution is 2.18. The van der Waals surface area contributed by atoms with Crippen molar-refractivity contribution in [3.63, 3.8) is 0 Å². The number of nitriles is 1. The van der Waals surface area contributed by atoms with E-state index in [1.54, 1.807) is 0 Å². The fourth-order valence-corrected chi connectivity index (χ4v) is 2.82. The maximum Gasteiger partial charge on any atom is 0.166 e. The van der Waals surface area contributed by atoms with Crippen LogP contribution in [0, 0.1) is 25.2 Å². The minimum Gasteiger partial charge on any atom is -0.373 e. The van der Waals surface area contributed by atoms with Crippen molar-refractivity contribution in [3.05, 3.63) is 16.8 Å². The van der Waals surface area contributed by atoms with Crippen molar-refractivity contribution >= 4 is 5.82 Å². The molecule has 1 aliphatic rings. The molecule has 1 fully saturated rings. The van der Waals surface area contributed by atoms with Crippen LogP contribution in [0.2, 0.25) is 0 Å². The number of nitrogens with one attached hydrogen (secondary N) is 1. The summed E-state index contributed by atoms with van der Waals surface area (Å²) in [5.41, 5.74) is 2.27. The van der Waals surface area contributed by atoms with E-state index >= 15 is 0 Å². The van der Waals surface area contributed by atoms with E-state index in [0.29, 0.717) is 17.4 Å². The average Bonchev–Trinajstić information content (AvgIpc) is 2.47. The van der Waals surface area contributed by atoms with Gasteiger partial charge in [-0.2, -0.15) is 10.4 Å². The van der Waals surface area contributed by atoms with Gasteiger partial charge in [0.25, 0.3) is 0 Å². The lowest BCUT2D eigenvalue weighted by atomic mass is 10.1. The quantitative estimate of drug-likeness (QED) is 0.915. The molecule has 6 nitrogen and oxygen atoms in total. The second kappa shape index (κ2) is 7.03. The molecule has 0 saturated carbocycles. The molecule has 0 bridgehead atoms. The molecule has 1 aliphatic heterocycles. The molecule has 0 aromatic carbocycles. The summed E-state index contributed by atoms with van der Waals surface area (Å²) in [5, 5.41) is 20.8. The SMILES string of the molecule is Cc1nnc(NCC(C)N2CC(C)OC(C)C2)c(C#N)c1C. The molecule has 2 heterocycles. The van der Waals surface area contributed by atoms with Crippen molar-refractivity contribution in [2.45, 2.75) is 52.9 Å². The standard InChI is InChI=1S/C16H25N5O/c1-10(21-8-11(2)22-12(3)9-21)7-18-16-15(6-17)13(4)14(5)19-20-16/h10-12H,7-9H2,1-5H3,(H,18,20). The summed E-state index contributed by atoms with van der Waals surface area (Å²) >= 11 is 0. The summed E-state index contributed by atoms with van der Waals surface area (Å²) in [6.07, 6.45) is 0.504.